The highest BCUT2D eigenvalue weighted by Gasteiger charge is 2.14. The molecule has 0 fully saturated rings. The largest absolute Gasteiger partial charge is 0.353 e. The van der Waals surface area contributed by atoms with Crippen molar-refractivity contribution >= 4 is 17.5 Å². The van der Waals surface area contributed by atoms with Crippen LogP contribution in [-0.4, -0.2) is 42.9 Å². The average Bonchev–Trinajstić information content (AvgIpc) is 2.45. The van der Waals surface area contributed by atoms with E-state index >= 15 is 0 Å². The molecule has 1 rings (SSSR count). The maximum atomic E-state index is 12.2. The van der Waals surface area contributed by atoms with E-state index in [-0.39, 0.29) is 30.9 Å². The normalized spacial score (nSPS) is 12.3. The molecule has 0 aliphatic heterocycles. The Bertz CT molecular complexity index is 529. The SMILES string of the molecule is CC[C@H](C)c1ccccc1NC(=O)CN(C)CC(=O)NC(C)C. The van der Waals surface area contributed by atoms with E-state index in [1.165, 1.54) is 0 Å². The third kappa shape index (κ3) is 6.82. The third-order valence-electron chi connectivity index (χ3n) is 3.65. The smallest absolute Gasteiger partial charge is 0.238 e. The second kappa shape index (κ2) is 9.30. The molecule has 1 atom stereocenters. The fourth-order valence-electron chi connectivity index (χ4n) is 2.36. The number of hydrogen-bond acceptors (Lipinski definition) is 3. The van der Waals surface area contributed by atoms with Gasteiger partial charge >= 0.3 is 0 Å². The molecule has 0 aliphatic carbocycles. The van der Waals surface area contributed by atoms with Gasteiger partial charge < -0.3 is 10.6 Å². The summed E-state index contributed by atoms with van der Waals surface area (Å²) in [5, 5.41) is 5.77. The molecule has 0 saturated carbocycles. The summed E-state index contributed by atoms with van der Waals surface area (Å²) in [4.78, 5) is 25.6. The van der Waals surface area contributed by atoms with Gasteiger partial charge in [-0.2, -0.15) is 0 Å². The summed E-state index contributed by atoms with van der Waals surface area (Å²) in [6.07, 6.45) is 1.02. The summed E-state index contributed by atoms with van der Waals surface area (Å²) < 4.78 is 0. The summed E-state index contributed by atoms with van der Waals surface area (Å²) in [7, 11) is 1.76. The first-order valence-electron chi connectivity index (χ1n) is 8.20. The van der Waals surface area contributed by atoms with Crippen LogP contribution in [-0.2, 0) is 9.59 Å². The number of hydrogen-bond donors (Lipinski definition) is 2. The zero-order valence-corrected chi connectivity index (χ0v) is 14.8. The summed E-state index contributed by atoms with van der Waals surface area (Å²) >= 11 is 0. The number of rotatable bonds is 8. The lowest BCUT2D eigenvalue weighted by molar-refractivity contribution is -0.123. The van der Waals surface area contributed by atoms with Crippen molar-refractivity contribution in [2.24, 2.45) is 0 Å². The van der Waals surface area contributed by atoms with Gasteiger partial charge in [-0.3, -0.25) is 14.5 Å². The monoisotopic (exact) mass is 319 g/mol. The van der Waals surface area contributed by atoms with E-state index in [0.717, 1.165) is 17.7 Å². The average molecular weight is 319 g/mol. The second-order valence-corrected chi connectivity index (χ2v) is 6.34. The van der Waals surface area contributed by atoms with E-state index in [2.05, 4.69) is 24.5 Å². The van der Waals surface area contributed by atoms with E-state index < -0.39 is 0 Å². The quantitative estimate of drug-likeness (QED) is 0.774. The Kier molecular flexibility index (Phi) is 7.75. The van der Waals surface area contributed by atoms with Crippen LogP contribution in [0.25, 0.3) is 0 Å². The van der Waals surface area contributed by atoms with Crippen LogP contribution in [0, 0.1) is 0 Å². The maximum Gasteiger partial charge on any atom is 0.238 e. The molecule has 0 bridgehead atoms. The number of likely N-dealkylation sites (N-methyl/N-ethyl adjacent to an activating group) is 1. The minimum atomic E-state index is -0.111. The standard InChI is InChI=1S/C18H29N3O2/c1-6-14(4)15-9-7-8-10-16(15)20-18(23)12-21(5)11-17(22)19-13(2)3/h7-10,13-14H,6,11-12H2,1-5H3,(H,19,22)(H,20,23)/t14-/m0/s1. The molecule has 0 saturated heterocycles. The van der Waals surface area contributed by atoms with Crippen LogP contribution in [0.4, 0.5) is 5.69 Å². The molecule has 0 spiro atoms. The molecule has 5 nitrogen and oxygen atoms in total. The first-order chi connectivity index (χ1) is 10.8. The molecule has 1 aromatic carbocycles. The van der Waals surface area contributed by atoms with Crippen molar-refractivity contribution in [3.05, 3.63) is 29.8 Å². The van der Waals surface area contributed by atoms with Crippen molar-refractivity contribution in [1.29, 1.82) is 0 Å². The van der Waals surface area contributed by atoms with E-state index in [1.807, 2.05) is 38.1 Å². The minimum Gasteiger partial charge on any atom is -0.353 e. The van der Waals surface area contributed by atoms with Gasteiger partial charge in [0.2, 0.25) is 11.8 Å². The molecule has 0 radical (unpaired) electrons. The molecule has 1 aromatic rings. The van der Waals surface area contributed by atoms with Crippen LogP contribution >= 0.6 is 0 Å². The number of anilines is 1. The maximum absolute atomic E-state index is 12.2. The summed E-state index contributed by atoms with van der Waals surface area (Å²) in [6.45, 7) is 8.49. The zero-order valence-electron chi connectivity index (χ0n) is 14.8. The lowest BCUT2D eigenvalue weighted by atomic mass is 9.97. The van der Waals surface area contributed by atoms with Gasteiger partial charge in [0.1, 0.15) is 0 Å². The predicted molar refractivity (Wildman–Crippen MR) is 94.6 cm³/mol. The molecule has 0 heterocycles. The Hall–Kier alpha value is -1.88. The highest BCUT2D eigenvalue weighted by atomic mass is 16.2. The molecule has 0 aliphatic rings. The lowest BCUT2D eigenvalue weighted by Gasteiger charge is -2.19. The van der Waals surface area contributed by atoms with Crippen molar-refractivity contribution in [1.82, 2.24) is 10.2 Å². The Morgan fingerprint density at radius 2 is 1.70 bits per heavy atom. The number of nitrogens with one attached hydrogen (secondary N) is 2. The fraction of sp³-hybridized carbons (Fsp3) is 0.556. The van der Waals surface area contributed by atoms with E-state index in [4.69, 9.17) is 0 Å². The number of amides is 2. The van der Waals surface area contributed by atoms with Crippen LogP contribution in [0.5, 0.6) is 0 Å². The molecular weight excluding hydrogens is 290 g/mol. The summed E-state index contributed by atoms with van der Waals surface area (Å²) in [5.74, 6) is 0.206. The molecule has 23 heavy (non-hydrogen) atoms. The Labute approximate surface area is 139 Å². The molecule has 128 valence electrons. The van der Waals surface area contributed by atoms with Crippen LogP contribution in [0.3, 0.4) is 0 Å². The molecule has 0 unspecified atom stereocenters. The van der Waals surface area contributed by atoms with Crippen molar-refractivity contribution < 1.29 is 9.59 Å². The molecule has 2 amide bonds. The predicted octanol–water partition coefficient (Wildman–Crippen LogP) is 2.60. The number of carbonyl (C=O) groups is 2. The fourth-order valence-corrected chi connectivity index (χ4v) is 2.36. The minimum absolute atomic E-state index is 0.0738. The molecular formula is C18H29N3O2. The van der Waals surface area contributed by atoms with Gasteiger partial charge in [-0.15, -0.1) is 0 Å². The van der Waals surface area contributed by atoms with Crippen LogP contribution in [0.15, 0.2) is 24.3 Å². The van der Waals surface area contributed by atoms with E-state index in [1.54, 1.807) is 11.9 Å². The van der Waals surface area contributed by atoms with Gasteiger partial charge in [0.25, 0.3) is 0 Å². The number of benzene rings is 1. The van der Waals surface area contributed by atoms with Crippen molar-refractivity contribution in [2.75, 3.05) is 25.5 Å². The van der Waals surface area contributed by atoms with Gasteiger partial charge in [0.15, 0.2) is 0 Å². The Morgan fingerprint density at radius 3 is 2.30 bits per heavy atom. The van der Waals surface area contributed by atoms with Crippen molar-refractivity contribution in [2.45, 2.75) is 46.1 Å². The van der Waals surface area contributed by atoms with Crippen LogP contribution in [0.1, 0.15) is 45.6 Å². The number of nitrogens with zero attached hydrogens (tertiary/aromatic N) is 1. The van der Waals surface area contributed by atoms with Gasteiger partial charge in [-0.25, -0.2) is 0 Å². The lowest BCUT2D eigenvalue weighted by Crippen LogP contribution is -2.41. The molecule has 5 heteroatoms. The van der Waals surface area contributed by atoms with Crippen molar-refractivity contribution in [3.63, 3.8) is 0 Å². The van der Waals surface area contributed by atoms with Crippen LogP contribution in [0.2, 0.25) is 0 Å². The van der Waals surface area contributed by atoms with Gasteiger partial charge in [-0.1, -0.05) is 32.0 Å². The first-order valence-corrected chi connectivity index (χ1v) is 8.20. The van der Waals surface area contributed by atoms with E-state index in [9.17, 15) is 9.59 Å². The van der Waals surface area contributed by atoms with E-state index in [0.29, 0.717) is 5.92 Å². The highest BCUT2D eigenvalue weighted by molar-refractivity contribution is 5.93. The third-order valence-corrected chi connectivity index (χ3v) is 3.65. The second-order valence-electron chi connectivity index (χ2n) is 6.34. The van der Waals surface area contributed by atoms with Crippen molar-refractivity contribution in [3.8, 4) is 0 Å². The summed E-state index contributed by atoms with van der Waals surface area (Å²) in [5.41, 5.74) is 2.00. The molecule has 2 N–H and O–H groups in total. The zero-order chi connectivity index (χ0) is 17.4. The number of para-hydroxylation sites is 1. The number of carbonyl (C=O) groups excluding carboxylic acids is 2. The molecule has 0 aromatic heterocycles. The Balaban J connectivity index is 2.58. The van der Waals surface area contributed by atoms with Gasteiger partial charge in [-0.05, 0) is 44.9 Å². The topological polar surface area (TPSA) is 61.4 Å². The first kappa shape index (κ1) is 19.2. The Morgan fingerprint density at radius 1 is 1.09 bits per heavy atom. The van der Waals surface area contributed by atoms with Gasteiger partial charge in [0.05, 0.1) is 13.1 Å². The highest BCUT2D eigenvalue weighted by Crippen LogP contribution is 2.26. The summed E-state index contributed by atoms with van der Waals surface area (Å²) in [6, 6.07) is 7.97. The van der Waals surface area contributed by atoms with Crippen LogP contribution < -0.4 is 10.6 Å². The van der Waals surface area contributed by atoms with Gasteiger partial charge in [0, 0.05) is 11.7 Å².